The van der Waals surface area contributed by atoms with Crippen molar-refractivity contribution in [3.8, 4) is 0 Å². The Morgan fingerprint density at radius 2 is 1.90 bits per heavy atom. The molecule has 20 heavy (non-hydrogen) atoms. The number of hydrogen-bond acceptors (Lipinski definition) is 2. The van der Waals surface area contributed by atoms with Crippen molar-refractivity contribution < 1.29 is 0 Å². The Morgan fingerprint density at radius 3 is 2.65 bits per heavy atom. The normalized spacial score (nSPS) is 18.9. The third-order valence-electron chi connectivity index (χ3n) is 3.86. The lowest BCUT2D eigenvalue weighted by atomic mass is 9.84. The lowest BCUT2D eigenvalue weighted by molar-refractivity contribution is 0.295. The summed E-state index contributed by atoms with van der Waals surface area (Å²) in [6, 6.07) is 11.8. The van der Waals surface area contributed by atoms with Crippen LogP contribution in [-0.4, -0.2) is 18.5 Å². The maximum absolute atomic E-state index is 6.36. The van der Waals surface area contributed by atoms with Crippen LogP contribution in [0.4, 0.5) is 5.69 Å². The van der Waals surface area contributed by atoms with Gasteiger partial charge in [0, 0.05) is 34.7 Å². The zero-order valence-electron chi connectivity index (χ0n) is 11.2. The molecule has 0 radical (unpaired) electrons. The number of likely N-dealkylation sites (N-methyl/N-ethyl adjacent to an activating group) is 1. The molecule has 1 heterocycles. The predicted molar refractivity (Wildman–Crippen MR) is 85.5 cm³/mol. The highest BCUT2D eigenvalue weighted by Crippen LogP contribution is 2.39. The van der Waals surface area contributed by atoms with Gasteiger partial charge in [-0.3, -0.25) is 0 Å². The maximum atomic E-state index is 6.36. The molecule has 0 aromatic heterocycles. The zero-order chi connectivity index (χ0) is 14.3. The molecule has 0 amide bonds. The van der Waals surface area contributed by atoms with Crippen LogP contribution in [0.1, 0.15) is 22.6 Å². The number of nitrogens with two attached hydrogens (primary N) is 1. The summed E-state index contributed by atoms with van der Waals surface area (Å²) in [5.41, 5.74) is 10.4. The van der Waals surface area contributed by atoms with Crippen molar-refractivity contribution >= 4 is 28.9 Å². The van der Waals surface area contributed by atoms with Gasteiger partial charge < -0.3 is 10.6 Å². The van der Waals surface area contributed by atoms with E-state index in [9.17, 15) is 0 Å². The van der Waals surface area contributed by atoms with Crippen LogP contribution in [0.2, 0.25) is 10.0 Å². The van der Waals surface area contributed by atoms with E-state index in [2.05, 4.69) is 18.0 Å². The Balaban J connectivity index is 2.18. The summed E-state index contributed by atoms with van der Waals surface area (Å²) in [4.78, 5) is 2.26. The summed E-state index contributed by atoms with van der Waals surface area (Å²) in [6.07, 6.45) is 0. The molecule has 2 nitrogen and oxygen atoms in total. The van der Waals surface area contributed by atoms with E-state index in [0.717, 1.165) is 34.9 Å². The predicted octanol–water partition coefficient (Wildman–Crippen LogP) is 4.15. The average molecular weight is 307 g/mol. The van der Waals surface area contributed by atoms with Crippen LogP contribution in [-0.2, 0) is 6.54 Å². The highest BCUT2D eigenvalue weighted by Gasteiger charge is 2.27. The SMILES string of the molecule is CN1Cc2c(Cl)cc(Cl)cc2[C@H](c2ccccc2N)C1. The third kappa shape index (κ3) is 2.39. The monoisotopic (exact) mass is 306 g/mol. The number of para-hydroxylation sites is 1. The molecule has 0 bridgehead atoms. The maximum Gasteiger partial charge on any atom is 0.0468 e. The van der Waals surface area contributed by atoms with Gasteiger partial charge in [0.1, 0.15) is 0 Å². The zero-order valence-corrected chi connectivity index (χ0v) is 12.7. The quantitative estimate of drug-likeness (QED) is 0.802. The summed E-state index contributed by atoms with van der Waals surface area (Å²) >= 11 is 12.5. The number of nitrogens with zero attached hydrogens (tertiary/aromatic N) is 1. The van der Waals surface area contributed by atoms with Gasteiger partial charge in [-0.25, -0.2) is 0 Å². The Labute approximate surface area is 129 Å². The largest absolute Gasteiger partial charge is 0.398 e. The summed E-state index contributed by atoms with van der Waals surface area (Å²) in [7, 11) is 2.10. The van der Waals surface area contributed by atoms with Crippen molar-refractivity contribution in [2.24, 2.45) is 0 Å². The van der Waals surface area contributed by atoms with E-state index < -0.39 is 0 Å². The fraction of sp³-hybridized carbons (Fsp3) is 0.250. The molecule has 2 N–H and O–H groups in total. The molecule has 0 spiro atoms. The number of nitrogen functional groups attached to an aromatic ring is 1. The molecular formula is C16H16Cl2N2. The Bertz CT molecular complexity index is 655. The summed E-state index contributed by atoms with van der Waals surface area (Å²) in [5, 5.41) is 1.41. The van der Waals surface area contributed by atoms with Gasteiger partial charge in [0.25, 0.3) is 0 Å². The van der Waals surface area contributed by atoms with Crippen molar-refractivity contribution in [2.75, 3.05) is 19.3 Å². The number of rotatable bonds is 1. The van der Waals surface area contributed by atoms with Crippen LogP contribution < -0.4 is 5.73 Å². The summed E-state index contributed by atoms with van der Waals surface area (Å²) < 4.78 is 0. The fourth-order valence-electron chi connectivity index (χ4n) is 2.94. The second kappa shape index (κ2) is 5.28. The number of benzene rings is 2. The van der Waals surface area contributed by atoms with E-state index in [0.29, 0.717) is 5.02 Å². The average Bonchev–Trinajstić information content (AvgIpc) is 2.40. The van der Waals surface area contributed by atoms with Crippen molar-refractivity contribution in [1.82, 2.24) is 4.90 Å². The van der Waals surface area contributed by atoms with E-state index >= 15 is 0 Å². The first-order valence-electron chi connectivity index (χ1n) is 6.57. The van der Waals surface area contributed by atoms with Crippen molar-refractivity contribution in [3.05, 3.63) is 63.1 Å². The van der Waals surface area contributed by atoms with E-state index in [-0.39, 0.29) is 5.92 Å². The molecular weight excluding hydrogens is 291 g/mol. The lowest BCUT2D eigenvalue weighted by Gasteiger charge is -2.33. The lowest BCUT2D eigenvalue weighted by Crippen LogP contribution is -2.31. The van der Waals surface area contributed by atoms with Crippen LogP contribution in [0.3, 0.4) is 0 Å². The van der Waals surface area contributed by atoms with Gasteiger partial charge in [0.05, 0.1) is 0 Å². The van der Waals surface area contributed by atoms with Crippen molar-refractivity contribution in [2.45, 2.75) is 12.5 Å². The van der Waals surface area contributed by atoms with Gasteiger partial charge in [-0.15, -0.1) is 0 Å². The van der Waals surface area contributed by atoms with Gasteiger partial charge in [0.2, 0.25) is 0 Å². The number of halogens is 2. The molecule has 104 valence electrons. The van der Waals surface area contributed by atoms with Crippen LogP contribution >= 0.6 is 23.2 Å². The molecule has 1 aliphatic rings. The molecule has 1 atom stereocenters. The van der Waals surface area contributed by atoms with E-state index in [1.165, 1.54) is 5.56 Å². The van der Waals surface area contributed by atoms with Gasteiger partial charge >= 0.3 is 0 Å². The van der Waals surface area contributed by atoms with Crippen LogP contribution in [0, 0.1) is 0 Å². The van der Waals surface area contributed by atoms with Gasteiger partial charge in [-0.2, -0.15) is 0 Å². The highest BCUT2D eigenvalue weighted by atomic mass is 35.5. The van der Waals surface area contributed by atoms with Crippen molar-refractivity contribution in [1.29, 1.82) is 0 Å². The summed E-state index contributed by atoms with van der Waals surface area (Å²) in [6.45, 7) is 1.76. The second-order valence-electron chi connectivity index (χ2n) is 5.33. The number of fused-ring (bicyclic) bond motifs is 1. The standard InChI is InChI=1S/C16H16Cl2N2/c1-20-8-13(11-4-2-3-5-16(11)19)12-6-10(17)7-15(18)14(12)9-20/h2-7,13H,8-9,19H2,1H3/t13-/m0/s1. The Kier molecular flexibility index (Phi) is 3.63. The first-order chi connectivity index (χ1) is 9.56. The molecule has 4 heteroatoms. The summed E-state index contributed by atoms with van der Waals surface area (Å²) in [5.74, 6) is 0.209. The van der Waals surface area contributed by atoms with E-state index in [1.807, 2.05) is 30.3 Å². The minimum absolute atomic E-state index is 0.209. The highest BCUT2D eigenvalue weighted by molar-refractivity contribution is 6.35. The van der Waals surface area contributed by atoms with Gasteiger partial charge in [-0.1, -0.05) is 41.4 Å². The van der Waals surface area contributed by atoms with E-state index in [4.69, 9.17) is 28.9 Å². The first kappa shape index (κ1) is 13.7. The molecule has 0 saturated heterocycles. The number of anilines is 1. The molecule has 0 saturated carbocycles. The van der Waals surface area contributed by atoms with Gasteiger partial charge in [0.15, 0.2) is 0 Å². The van der Waals surface area contributed by atoms with Crippen LogP contribution in [0.25, 0.3) is 0 Å². The van der Waals surface area contributed by atoms with E-state index in [1.54, 1.807) is 0 Å². The van der Waals surface area contributed by atoms with Gasteiger partial charge in [-0.05, 0) is 41.9 Å². The Morgan fingerprint density at radius 1 is 1.15 bits per heavy atom. The molecule has 2 aromatic carbocycles. The minimum Gasteiger partial charge on any atom is -0.398 e. The Hall–Kier alpha value is -1.22. The molecule has 0 fully saturated rings. The molecule has 1 aliphatic heterocycles. The minimum atomic E-state index is 0.209. The first-order valence-corrected chi connectivity index (χ1v) is 7.32. The van der Waals surface area contributed by atoms with Crippen LogP contribution in [0.5, 0.6) is 0 Å². The molecule has 2 aromatic rings. The van der Waals surface area contributed by atoms with Crippen LogP contribution in [0.15, 0.2) is 36.4 Å². The topological polar surface area (TPSA) is 29.3 Å². The smallest absolute Gasteiger partial charge is 0.0468 e. The third-order valence-corrected chi connectivity index (χ3v) is 4.42. The second-order valence-corrected chi connectivity index (χ2v) is 6.18. The number of hydrogen-bond donors (Lipinski definition) is 1. The molecule has 0 aliphatic carbocycles. The molecule has 3 rings (SSSR count). The fourth-order valence-corrected chi connectivity index (χ4v) is 3.51. The van der Waals surface area contributed by atoms with Crippen molar-refractivity contribution in [3.63, 3.8) is 0 Å². The molecule has 0 unspecified atom stereocenters.